The first kappa shape index (κ1) is 15.8. The number of nitrogens with one attached hydrogen (secondary N) is 1. The van der Waals surface area contributed by atoms with Crippen molar-refractivity contribution in [3.63, 3.8) is 0 Å². The molecule has 2 aromatic rings. The van der Waals surface area contributed by atoms with Crippen molar-refractivity contribution in [2.75, 3.05) is 6.54 Å². The van der Waals surface area contributed by atoms with Gasteiger partial charge in [-0.15, -0.1) is 0 Å². The monoisotopic (exact) mass is 289 g/mol. The SMILES string of the molecule is CCCCCCCNCc1ccc(-c2ccccc2F)o1. The third-order valence-electron chi connectivity index (χ3n) is 3.56. The summed E-state index contributed by atoms with van der Waals surface area (Å²) >= 11 is 0. The molecule has 3 heteroatoms. The lowest BCUT2D eigenvalue weighted by Gasteiger charge is -2.03. The van der Waals surface area contributed by atoms with Gasteiger partial charge in [0.05, 0.1) is 12.1 Å². The van der Waals surface area contributed by atoms with Crippen LogP contribution in [0.25, 0.3) is 11.3 Å². The number of benzene rings is 1. The van der Waals surface area contributed by atoms with Crippen molar-refractivity contribution in [3.8, 4) is 11.3 Å². The maximum atomic E-state index is 13.7. The molecular formula is C18H24FNO. The van der Waals surface area contributed by atoms with Crippen LogP contribution in [0.3, 0.4) is 0 Å². The molecule has 2 nitrogen and oxygen atoms in total. The van der Waals surface area contributed by atoms with Crippen molar-refractivity contribution in [3.05, 3.63) is 48.0 Å². The standard InChI is InChI=1S/C18H24FNO/c1-2-3-4-5-8-13-20-14-15-11-12-18(21-15)16-9-6-7-10-17(16)19/h6-7,9-12,20H,2-5,8,13-14H2,1H3. The van der Waals surface area contributed by atoms with Gasteiger partial charge < -0.3 is 9.73 Å². The van der Waals surface area contributed by atoms with Crippen molar-refractivity contribution >= 4 is 0 Å². The van der Waals surface area contributed by atoms with Gasteiger partial charge in [0.25, 0.3) is 0 Å². The highest BCUT2D eigenvalue weighted by molar-refractivity contribution is 5.58. The zero-order valence-electron chi connectivity index (χ0n) is 12.7. The predicted octanol–water partition coefficient (Wildman–Crippen LogP) is 5.15. The lowest BCUT2D eigenvalue weighted by molar-refractivity contribution is 0.483. The number of unbranched alkanes of at least 4 members (excludes halogenated alkanes) is 4. The molecule has 0 saturated heterocycles. The second kappa shape index (κ2) is 8.63. The molecular weight excluding hydrogens is 265 g/mol. The van der Waals surface area contributed by atoms with Crippen molar-refractivity contribution < 1.29 is 8.81 Å². The van der Waals surface area contributed by atoms with Crippen LogP contribution in [-0.4, -0.2) is 6.54 Å². The van der Waals surface area contributed by atoms with Gasteiger partial charge in [-0.3, -0.25) is 0 Å². The normalized spacial score (nSPS) is 11.0. The van der Waals surface area contributed by atoms with E-state index in [-0.39, 0.29) is 5.82 Å². The number of furan rings is 1. The summed E-state index contributed by atoms with van der Waals surface area (Å²) in [6.07, 6.45) is 6.39. The molecule has 2 rings (SSSR count). The molecule has 0 bridgehead atoms. The second-order valence-corrected chi connectivity index (χ2v) is 5.34. The van der Waals surface area contributed by atoms with E-state index in [2.05, 4.69) is 12.2 Å². The fraction of sp³-hybridized carbons (Fsp3) is 0.444. The molecule has 0 atom stereocenters. The minimum Gasteiger partial charge on any atom is -0.460 e. The predicted molar refractivity (Wildman–Crippen MR) is 84.6 cm³/mol. The number of halogens is 1. The van der Waals surface area contributed by atoms with Crippen LogP contribution in [0, 0.1) is 5.82 Å². The van der Waals surface area contributed by atoms with E-state index in [0.717, 1.165) is 12.3 Å². The van der Waals surface area contributed by atoms with Crippen molar-refractivity contribution in [1.29, 1.82) is 0 Å². The molecule has 1 aromatic heterocycles. The highest BCUT2D eigenvalue weighted by Gasteiger charge is 2.08. The van der Waals surface area contributed by atoms with E-state index in [1.807, 2.05) is 18.2 Å². The first-order chi connectivity index (χ1) is 10.3. The molecule has 0 saturated carbocycles. The Hall–Kier alpha value is -1.61. The Morgan fingerprint density at radius 3 is 2.62 bits per heavy atom. The largest absolute Gasteiger partial charge is 0.460 e. The molecule has 0 aliphatic rings. The van der Waals surface area contributed by atoms with Gasteiger partial charge >= 0.3 is 0 Å². The van der Waals surface area contributed by atoms with Crippen LogP contribution in [-0.2, 0) is 6.54 Å². The number of hydrogen-bond acceptors (Lipinski definition) is 2. The molecule has 1 aromatic carbocycles. The molecule has 0 fully saturated rings. The van der Waals surface area contributed by atoms with Crippen LogP contribution in [0.1, 0.15) is 44.8 Å². The smallest absolute Gasteiger partial charge is 0.137 e. The highest BCUT2D eigenvalue weighted by Crippen LogP contribution is 2.24. The zero-order valence-corrected chi connectivity index (χ0v) is 12.7. The Labute approximate surface area is 126 Å². The van der Waals surface area contributed by atoms with E-state index < -0.39 is 0 Å². The van der Waals surface area contributed by atoms with Gasteiger partial charge in [0.1, 0.15) is 17.3 Å². The number of rotatable bonds is 9. The lowest BCUT2D eigenvalue weighted by atomic mass is 10.1. The Bertz CT molecular complexity index is 536. The minimum atomic E-state index is -0.248. The van der Waals surface area contributed by atoms with E-state index in [1.165, 1.54) is 38.2 Å². The summed E-state index contributed by atoms with van der Waals surface area (Å²) in [5.41, 5.74) is 0.517. The van der Waals surface area contributed by atoms with E-state index in [9.17, 15) is 4.39 Å². The van der Waals surface area contributed by atoms with Gasteiger partial charge in [0, 0.05) is 0 Å². The Kier molecular flexibility index (Phi) is 6.48. The summed E-state index contributed by atoms with van der Waals surface area (Å²) in [5, 5.41) is 3.37. The summed E-state index contributed by atoms with van der Waals surface area (Å²) in [6.45, 7) is 3.92. The Balaban J connectivity index is 1.75. The van der Waals surface area contributed by atoms with Crippen molar-refractivity contribution in [2.45, 2.75) is 45.6 Å². The molecule has 1 heterocycles. The summed E-state index contributed by atoms with van der Waals surface area (Å²) in [6, 6.07) is 10.4. The highest BCUT2D eigenvalue weighted by atomic mass is 19.1. The van der Waals surface area contributed by atoms with Gasteiger partial charge in [-0.2, -0.15) is 0 Å². The summed E-state index contributed by atoms with van der Waals surface area (Å²) in [5.74, 6) is 1.19. The van der Waals surface area contributed by atoms with E-state index in [0.29, 0.717) is 17.9 Å². The van der Waals surface area contributed by atoms with Crippen LogP contribution in [0.2, 0.25) is 0 Å². The molecule has 114 valence electrons. The van der Waals surface area contributed by atoms with Crippen LogP contribution >= 0.6 is 0 Å². The fourth-order valence-electron chi connectivity index (χ4n) is 2.34. The van der Waals surface area contributed by atoms with Gasteiger partial charge in [0.2, 0.25) is 0 Å². The molecule has 0 amide bonds. The maximum absolute atomic E-state index is 13.7. The zero-order chi connectivity index (χ0) is 14.9. The first-order valence-electron chi connectivity index (χ1n) is 7.85. The maximum Gasteiger partial charge on any atom is 0.137 e. The molecule has 1 N–H and O–H groups in total. The third-order valence-corrected chi connectivity index (χ3v) is 3.56. The van der Waals surface area contributed by atoms with Gasteiger partial charge in [-0.05, 0) is 37.2 Å². The fourth-order valence-corrected chi connectivity index (χ4v) is 2.34. The molecule has 0 aliphatic heterocycles. The first-order valence-corrected chi connectivity index (χ1v) is 7.85. The van der Waals surface area contributed by atoms with E-state index >= 15 is 0 Å². The van der Waals surface area contributed by atoms with Crippen LogP contribution in [0.15, 0.2) is 40.8 Å². The quantitative estimate of drug-likeness (QED) is 0.646. The summed E-state index contributed by atoms with van der Waals surface area (Å²) in [7, 11) is 0. The molecule has 0 unspecified atom stereocenters. The average molecular weight is 289 g/mol. The van der Waals surface area contributed by atoms with Crippen molar-refractivity contribution in [1.82, 2.24) is 5.32 Å². The lowest BCUT2D eigenvalue weighted by Crippen LogP contribution is -2.14. The van der Waals surface area contributed by atoms with Gasteiger partial charge in [-0.25, -0.2) is 4.39 Å². The van der Waals surface area contributed by atoms with Crippen molar-refractivity contribution in [2.24, 2.45) is 0 Å². The van der Waals surface area contributed by atoms with Crippen LogP contribution < -0.4 is 5.32 Å². The van der Waals surface area contributed by atoms with E-state index in [4.69, 9.17) is 4.42 Å². The van der Waals surface area contributed by atoms with Gasteiger partial charge in [0.15, 0.2) is 0 Å². The number of hydrogen-bond donors (Lipinski definition) is 1. The molecule has 21 heavy (non-hydrogen) atoms. The summed E-state index contributed by atoms with van der Waals surface area (Å²) in [4.78, 5) is 0. The molecule has 0 aliphatic carbocycles. The van der Waals surface area contributed by atoms with E-state index in [1.54, 1.807) is 12.1 Å². The molecule has 0 spiro atoms. The minimum absolute atomic E-state index is 0.248. The molecule has 0 radical (unpaired) electrons. The second-order valence-electron chi connectivity index (χ2n) is 5.34. The third kappa shape index (κ3) is 5.01. The topological polar surface area (TPSA) is 25.2 Å². The Morgan fingerprint density at radius 2 is 1.81 bits per heavy atom. The average Bonchev–Trinajstić information content (AvgIpc) is 2.95. The Morgan fingerprint density at radius 1 is 1.00 bits per heavy atom. The van der Waals surface area contributed by atoms with Crippen LogP contribution in [0.5, 0.6) is 0 Å². The summed E-state index contributed by atoms with van der Waals surface area (Å²) < 4.78 is 19.4. The van der Waals surface area contributed by atoms with Gasteiger partial charge in [-0.1, -0.05) is 44.7 Å². The van der Waals surface area contributed by atoms with Crippen LogP contribution in [0.4, 0.5) is 4.39 Å².